The molecular weight excluding hydrogens is 625 g/mol. The van der Waals surface area contributed by atoms with Gasteiger partial charge < -0.3 is 4.42 Å². The van der Waals surface area contributed by atoms with Crippen molar-refractivity contribution in [1.82, 2.24) is 15.0 Å². The van der Waals surface area contributed by atoms with Gasteiger partial charge in [-0.25, -0.2) is 19.9 Å². The molecule has 0 atom stereocenters. The molecule has 3 aliphatic rings. The zero-order valence-electron chi connectivity index (χ0n) is 28.6. The molecule has 2 heterocycles. The van der Waals surface area contributed by atoms with Gasteiger partial charge in [-0.15, -0.1) is 0 Å². The second-order valence-electron chi connectivity index (χ2n) is 12.8. The van der Waals surface area contributed by atoms with Crippen LogP contribution in [0, 0.1) is 0 Å². The second kappa shape index (κ2) is 14.3. The van der Waals surface area contributed by atoms with Crippen molar-refractivity contribution in [2.45, 2.75) is 38.5 Å². The Morgan fingerprint density at radius 1 is 0.765 bits per heavy atom. The number of benzene rings is 3. The Balaban J connectivity index is 1.40. The molecule has 248 valence electrons. The molecule has 8 rings (SSSR count). The fourth-order valence-corrected chi connectivity index (χ4v) is 6.91. The maximum absolute atomic E-state index is 6.89. The van der Waals surface area contributed by atoms with E-state index < -0.39 is 0 Å². The summed E-state index contributed by atoms with van der Waals surface area (Å²) in [5, 5.41) is 1.04. The number of furan rings is 1. The first-order chi connectivity index (χ1) is 25.2. The molecule has 2 aromatic heterocycles. The lowest BCUT2D eigenvalue weighted by atomic mass is 9.90. The maximum Gasteiger partial charge on any atom is 0.164 e. The Labute approximate surface area is 298 Å². The first-order valence-electron chi connectivity index (χ1n) is 17.6. The summed E-state index contributed by atoms with van der Waals surface area (Å²) in [6, 6.07) is 25.2. The summed E-state index contributed by atoms with van der Waals surface area (Å²) in [7, 11) is 0. The van der Waals surface area contributed by atoms with Gasteiger partial charge in [-0.2, -0.15) is 0 Å². The number of rotatable bonds is 9. The molecule has 0 amide bonds. The van der Waals surface area contributed by atoms with Gasteiger partial charge in [0.1, 0.15) is 11.3 Å². The summed E-state index contributed by atoms with van der Waals surface area (Å²) in [5.74, 6) is 2.63. The molecule has 0 saturated carbocycles. The molecule has 0 N–H and O–H groups in total. The Morgan fingerprint density at radius 2 is 1.53 bits per heavy atom. The summed E-state index contributed by atoms with van der Waals surface area (Å²) < 4.78 is 6.89. The molecule has 5 aromatic rings. The molecule has 0 bridgehead atoms. The average molecular weight is 663 g/mol. The molecule has 5 nitrogen and oxygen atoms in total. The van der Waals surface area contributed by atoms with Crippen LogP contribution >= 0.6 is 0 Å². The zero-order chi connectivity index (χ0) is 34.6. The average Bonchev–Trinajstić information content (AvgIpc) is 3.58. The monoisotopic (exact) mass is 662 g/mol. The first kappa shape index (κ1) is 32.0. The lowest BCUT2D eigenvalue weighted by Gasteiger charge is -2.14. The number of aromatic nitrogens is 3. The molecule has 0 radical (unpaired) electrons. The highest BCUT2D eigenvalue weighted by molar-refractivity contribution is 6.20. The zero-order valence-corrected chi connectivity index (χ0v) is 28.6. The van der Waals surface area contributed by atoms with Gasteiger partial charge in [-0.1, -0.05) is 122 Å². The molecule has 0 fully saturated rings. The Kier molecular flexibility index (Phi) is 9.01. The number of nitrogens with zero attached hydrogens (tertiary/aromatic N) is 4. The third-order valence-electron chi connectivity index (χ3n) is 9.46. The topological polar surface area (TPSA) is 64.2 Å². The molecule has 5 heteroatoms. The van der Waals surface area contributed by atoms with Crippen LogP contribution in [0.3, 0.4) is 0 Å². The van der Waals surface area contributed by atoms with Crippen LogP contribution in [0.1, 0.15) is 71.8 Å². The molecule has 0 aliphatic heterocycles. The van der Waals surface area contributed by atoms with Crippen LogP contribution in [0.25, 0.3) is 45.2 Å². The van der Waals surface area contributed by atoms with Gasteiger partial charge in [0.05, 0.1) is 11.4 Å². The van der Waals surface area contributed by atoms with Gasteiger partial charge in [0.2, 0.25) is 0 Å². The van der Waals surface area contributed by atoms with Crippen LogP contribution in [0.4, 0.5) is 0 Å². The number of fused-ring (bicyclic) bond motifs is 3. The minimum atomic E-state index is 0.547. The predicted molar refractivity (Wildman–Crippen MR) is 211 cm³/mol. The SMILES string of the molecule is C=C/C=C(\C=C)c1nc(C2=CCCC=C2)nc(-c2cc(/C(=N/C3=CCCC=C3)c3ccccc3)c3oc4c(c3c2)CCC(c2ccccc2)=C4)n1. The van der Waals surface area contributed by atoms with E-state index in [2.05, 4.69) is 122 Å². The summed E-state index contributed by atoms with van der Waals surface area (Å²) in [6.45, 7) is 7.96. The number of hydrogen-bond donors (Lipinski definition) is 0. The highest BCUT2D eigenvalue weighted by Gasteiger charge is 2.25. The highest BCUT2D eigenvalue weighted by atomic mass is 16.3. The number of aliphatic imine (C=N–C) groups is 1. The van der Waals surface area contributed by atoms with Crippen LogP contribution in [0.5, 0.6) is 0 Å². The van der Waals surface area contributed by atoms with Crippen molar-refractivity contribution in [1.29, 1.82) is 0 Å². The van der Waals surface area contributed by atoms with E-state index in [0.717, 1.165) is 94.5 Å². The quantitative estimate of drug-likeness (QED) is 0.116. The van der Waals surface area contributed by atoms with Crippen LogP contribution in [-0.4, -0.2) is 20.7 Å². The van der Waals surface area contributed by atoms with E-state index in [1.165, 1.54) is 16.7 Å². The van der Waals surface area contributed by atoms with Gasteiger partial charge >= 0.3 is 0 Å². The normalized spacial score (nSPS) is 16.0. The van der Waals surface area contributed by atoms with E-state index in [9.17, 15) is 0 Å². The molecule has 3 aromatic carbocycles. The summed E-state index contributed by atoms with van der Waals surface area (Å²) in [4.78, 5) is 20.4. The largest absolute Gasteiger partial charge is 0.456 e. The summed E-state index contributed by atoms with van der Waals surface area (Å²) >= 11 is 0. The van der Waals surface area contributed by atoms with Gasteiger partial charge in [0.15, 0.2) is 17.5 Å². The molecule has 0 saturated heterocycles. The van der Waals surface area contributed by atoms with Crippen molar-refractivity contribution in [3.63, 3.8) is 0 Å². The van der Waals surface area contributed by atoms with Gasteiger partial charge in [0.25, 0.3) is 0 Å². The van der Waals surface area contributed by atoms with Crippen molar-refractivity contribution in [2.75, 3.05) is 0 Å². The lowest BCUT2D eigenvalue weighted by Crippen LogP contribution is -2.08. The number of allylic oxidation sites excluding steroid dienone is 12. The minimum absolute atomic E-state index is 0.547. The van der Waals surface area contributed by atoms with Gasteiger partial charge in [0, 0.05) is 38.8 Å². The first-order valence-corrected chi connectivity index (χ1v) is 17.6. The predicted octanol–water partition coefficient (Wildman–Crippen LogP) is 11.3. The Bertz CT molecular complexity index is 2380. The van der Waals surface area contributed by atoms with E-state index in [1.807, 2.05) is 12.1 Å². The van der Waals surface area contributed by atoms with Crippen molar-refractivity contribution in [2.24, 2.45) is 4.99 Å². The van der Waals surface area contributed by atoms with E-state index in [1.54, 1.807) is 12.2 Å². The number of aryl methyl sites for hydroxylation is 1. The molecule has 51 heavy (non-hydrogen) atoms. The lowest BCUT2D eigenvalue weighted by molar-refractivity contribution is 0.595. The summed E-state index contributed by atoms with van der Waals surface area (Å²) in [6.07, 6.45) is 26.2. The third kappa shape index (κ3) is 6.59. The maximum atomic E-state index is 6.89. The Hall–Kier alpha value is -6.20. The highest BCUT2D eigenvalue weighted by Crippen LogP contribution is 2.40. The molecule has 0 spiro atoms. The van der Waals surface area contributed by atoms with Gasteiger partial charge in [-0.05, 0) is 73.9 Å². The van der Waals surface area contributed by atoms with E-state index in [0.29, 0.717) is 17.5 Å². The van der Waals surface area contributed by atoms with E-state index in [-0.39, 0.29) is 0 Å². The van der Waals surface area contributed by atoms with E-state index in [4.69, 9.17) is 24.4 Å². The van der Waals surface area contributed by atoms with Crippen LogP contribution in [0.15, 0.2) is 156 Å². The minimum Gasteiger partial charge on any atom is -0.456 e. The fraction of sp³-hybridized carbons (Fsp3) is 0.130. The van der Waals surface area contributed by atoms with Crippen LogP contribution in [0.2, 0.25) is 0 Å². The molecular formula is C46H38N4O. The fourth-order valence-electron chi connectivity index (χ4n) is 6.91. The second-order valence-corrected chi connectivity index (χ2v) is 12.8. The summed E-state index contributed by atoms with van der Waals surface area (Å²) in [5.41, 5.74) is 10.8. The smallest absolute Gasteiger partial charge is 0.164 e. The number of hydrogen-bond acceptors (Lipinski definition) is 5. The van der Waals surface area contributed by atoms with Crippen molar-refractivity contribution >= 4 is 39.5 Å². The van der Waals surface area contributed by atoms with E-state index >= 15 is 0 Å². The molecule has 0 unspecified atom stereocenters. The van der Waals surface area contributed by atoms with Gasteiger partial charge in [-0.3, -0.25) is 0 Å². The van der Waals surface area contributed by atoms with Crippen LogP contribution in [-0.2, 0) is 6.42 Å². The molecule has 3 aliphatic carbocycles. The van der Waals surface area contributed by atoms with Crippen molar-refractivity contribution in [3.8, 4) is 11.4 Å². The third-order valence-corrected chi connectivity index (χ3v) is 9.46. The van der Waals surface area contributed by atoms with Crippen molar-refractivity contribution < 1.29 is 4.42 Å². The van der Waals surface area contributed by atoms with Crippen molar-refractivity contribution in [3.05, 3.63) is 186 Å². The Morgan fingerprint density at radius 3 is 2.25 bits per heavy atom. The standard InChI is InChI=1S/C46H38N4O/c1-3-17-31(4-2)44-48-45(34-22-13-7-14-23-34)50-46(49-44)36-28-39-38-27-26-35(32-18-9-5-10-19-32)30-41(38)51-43(39)40(29-36)42(33-20-11-6-12-21-33)47-37-24-15-8-16-25-37/h3-6,9-13,15,17-25,28-30H,1-2,7-8,14,16,26-27H2/b31-17+,47-42+. The van der Waals surface area contributed by atoms with Crippen LogP contribution < -0.4 is 0 Å².